The number of aromatic nitrogens is 3. The zero-order valence-corrected chi connectivity index (χ0v) is 16.1. The van der Waals surface area contributed by atoms with Gasteiger partial charge in [-0.2, -0.15) is 22.6 Å². The smallest absolute Gasteiger partial charge is 0.392 e. The van der Waals surface area contributed by atoms with Gasteiger partial charge in [-0.25, -0.2) is 8.42 Å². The first-order chi connectivity index (χ1) is 14.2. The third-order valence-electron chi connectivity index (χ3n) is 5.64. The summed E-state index contributed by atoms with van der Waals surface area (Å²) in [6, 6.07) is 5.56. The van der Waals surface area contributed by atoms with Gasteiger partial charge in [0.1, 0.15) is 10.6 Å². The summed E-state index contributed by atoms with van der Waals surface area (Å²) in [6.45, 7) is -0.256. The third-order valence-corrected chi connectivity index (χ3v) is 7.49. The summed E-state index contributed by atoms with van der Waals surface area (Å²) >= 11 is 0. The molecule has 2 aromatic heterocycles. The second-order valence-corrected chi connectivity index (χ2v) is 9.06. The summed E-state index contributed by atoms with van der Waals surface area (Å²) in [5.41, 5.74) is 2.38. The molecule has 7 nitrogen and oxygen atoms in total. The number of fused-ring (bicyclic) bond motifs is 7. The quantitative estimate of drug-likeness (QED) is 0.658. The lowest BCUT2D eigenvalue weighted by molar-refractivity contribution is -0.141. The Bertz CT molecular complexity index is 1240. The second-order valence-electron chi connectivity index (χ2n) is 7.22. The predicted octanol–water partition coefficient (Wildman–Crippen LogP) is 2.71. The van der Waals surface area contributed by atoms with Gasteiger partial charge in [0.2, 0.25) is 10.0 Å². The molecule has 11 heteroatoms. The van der Waals surface area contributed by atoms with Crippen LogP contribution in [0.5, 0.6) is 0 Å². The number of halogens is 3. The Kier molecular flexibility index (Phi) is 4.08. The molecule has 0 amide bonds. The molecule has 156 valence electrons. The molecule has 0 saturated heterocycles. The highest BCUT2D eigenvalue weighted by Gasteiger charge is 2.51. The number of hydrogen-bond acceptors (Lipinski definition) is 5. The molecule has 0 saturated carbocycles. The van der Waals surface area contributed by atoms with Crippen LogP contribution in [-0.4, -0.2) is 33.0 Å². The van der Waals surface area contributed by atoms with E-state index in [0.29, 0.717) is 23.6 Å². The average Bonchev–Trinajstić information content (AvgIpc) is 3.29. The van der Waals surface area contributed by atoms with Crippen molar-refractivity contribution in [2.24, 2.45) is 0 Å². The summed E-state index contributed by atoms with van der Waals surface area (Å²) in [5, 5.41) is 16.7. The molecular weight excluding hydrogens is 421 g/mol. The van der Waals surface area contributed by atoms with Gasteiger partial charge < -0.3 is 5.11 Å². The minimum atomic E-state index is -4.66. The number of aromatic amines is 1. The highest BCUT2D eigenvalue weighted by Crippen LogP contribution is 2.54. The van der Waals surface area contributed by atoms with Crippen LogP contribution in [0.2, 0.25) is 0 Å². The molecule has 1 aromatic carbocycles. The average molecular weight is 436 g/mol. The molecule has 5 rings (SSSR count). The SMILES string of the molecule is O=S(=O)(c1ccc(C(F)(F)F)nc1)N1C2Cc3[nH]ncc3C1c1cccc(CO)c12. The predicted molar refractivity (Wildman–Crippen MR) is 97.5 cm³/mol. The zero-order chi connectivity index (χ0) is 21.3. The maximum atomic E-state index is 13.5. The van der Waals surface area contributed by atoms with Crippen molar-refractivity contribution in [3.63, 3.8) is 0 Å². The van der Waals surface area contributed by atoms with Crippen molar-refractivity contribution in [1.82, 2.24) is 19.5 Å². The maximum absolute atomic E-state index is 13.5. The van der Waals surface area contributed by atoms with Gasteiger partial charge in [0.25, 0.3) is 0 Å². The lowest BCUT2D eigenvalue weighted by atomic mass is 9.97. The highest BCUT2D eigenvalue weighted by atomic mass is 32.2. The topological polar surface area (TPSA) is 99.2 Å². The highest BCUT2D eigenvalue weighted by molar-refractivity contribution is 7.89. The first kappa shape index (κ1) is 19.2. The van der Waals surface area contributed by atoms with Gasteiger partial charge in [-0.05, 0) is 28.8 Å². The lowest BCUT2D eigenvalue weighted by Crippen LogP contribution is -2.38. The van der Waals surface area contributed by atoms with Crippen molar-refractivity contribution < 1.29 is 26.7 Å². The van der Waals surface area contributed by atoms with Crippen LogP contribution in [-0.2, 0) is 29.2 Å². The maximum Gasteiger partial charge on any atom is 0.433 e. The van der Waals surface area contributed by atoms with Crippen molar-refractivity contribution in [1.29, 1.82) is 0 Å². The fraction of sp³-hybridized carbons (Fsp3) is 0.263. The third kappa shape index (κ3) is 2.62. The van der Waals surface area contributed by atoms with E-state index in [4.69, 9.17) is 0 Å². The molecule has 4 heterocycles. The second kappa shape index (κ2) is 6.37. The molecular formula is C19H15F3N4O3S. The fourth-order valence-electron chi connectivity index (χ4n) is 4.40. The van der Waals surface area contributed by atoms with Crippen molar-refractivity contribution in [3.8, 4) is 0 Å². The summed E-state index contributed by atoms with van der Waals surface area (Å²) in [4.78, 5) is 2.99. The minimum absolute atomic E-state index is 0.256. The molecule has 2 unspecified atom stereocenters. The molecule has 0 fully saturated rings. The van der Waals surface area contributed by atoms with Gasteiger partial charge in [-0.3, -0.25) is 10.1 Å². The van der Waals surface area contributed by atoms with E-state index in [0.717, 1.165) is 29.1 Å². The number of aliphatic hydroxyl groups excluding tert-OH is 1. The molecule has 2 atom stereocenters. The molecule has 2 aliphatic rings. The van der Waals surface area contributed by atoms with Crippen LogP contribution in [0, 0.1) is 0 Å². The van der Waals surface area contributed by atoms with Gasteiger partial charge in [0.05, 0.1) is 24.9 Å². The van der Waals surface area contributed by atoms with Gasteiger partial charge in [0.15, 0.2) is 0 Å². The van der Waals surface area contributed by atoms with E-state index in [9.17, 15) is 26.7 Å². The Hall–Kier alpha value is -2.76. The largest absolute Gasteiger partial charge is 0.433 e. The number of nitrogens with one attached hydrogen (secondary N) is 1. The number of alkyl halides is 3. The number of H-pyrrole nitrogens is 1. The first-order valence-electron chi connectivity index (χ1n) is 9.05. The van der Waals surface area contributed by atoms with Gasteiger partial charge in [-0.15, -0.1) is 0 Å². The molecule has 0 spiro atoms. The van der Waals surface area contributed by atoms with E-state index in [-0.39, 0.29) is 11.5 Å². The number of pyridine rings is 1. The summed E-state index contributed by atoms with van der Waals surface area (Å²) in [7, 11) is -4.19. The fourth-order valence-corrected chi connectivity index (χ4v) is 6.09. The Balaban J connectivity index is 1.66. The van der Waals surface area contributed by atoms with Crippen LogP contribution in [0.4, 0.5) is 13.2 Å². The number of benzene rings is 1. The van der Waals surface area contributed by atoms with Crippen LogP contribution < -0.4 is 0 Å². The van der Waals surface area contributed by atoms with Crippen LogP contribution in [0.25, 0.3) is 0 Å². The monoisotopic (exact) mass is 436 g/mol. The number of sulfonamides is 1. The standard InChI is InChI=1S/C19H15F3N4O3S/c20-19(21,22)16-5-4-11(7-23-16)30(28,29)26-15-6-14-13(8-24-25-14)18(26)12-3-1-2-10(9-27)17(12)15/h1-5,7-8,15,18,27H,6,9H2,(H,24,25). The van der Waals surface area contributed by atoms with Gasteiger partial charge in [0, 0.05) is 23.9 Å². The van der Waals surface area contributed by atoms with Crippen LogP contribution in [0.15, 0.2) is 47.6 Å². The molecule has 0 aliphatic carbocycles. The summed E-state index contributed by atoms with van der Waals surface area (Å²) < 4.78 is 66.9. The Morgan fingerprint density at radius 3 is 2.63 bits per heavy atom. The Labute approximate surface area is 169 Å². The van der Waals surface area contributed by atoms with E-state index in [1.165, 1.54) is 4.31 Å². The number of aliphatic hydroxyl groups is 1. The van der Waals surface area contributed by atoms with E-state index in [2.05, 4.69) is 15.2 Å². The molecule has 3 aromatic rings. The first-order valence-corrected chi connectivity index (χ1v) is 10.5. The Morgan fingerprint density at radius 2 is 1.97 bits per heavy atom. The van der Waals surface area contributed by atoms with Crippen molar-refractivity contribution >= 4 is 10.0 Å². The summed E-state index contributed by atoms with van der Waals surface area (Å²) in [5.74, 6) is 0. The van der Waals surface area contributed by atoms with Gasteiger partial charge in [-0.1, -0.05) is 18.2 Å². The van der Waals surface area contributed by atoms with Crippen molar-refractivity contribution in [2.75, 3.05) is 0 Å². The number of hydrogen-bond donors (Lipinski definition) is 2. The number of rotatable bonds is 3. The normalized spacial score (nSPS) is 20.8. The van der Waals surface area contributed by atoms with Crippen LogP contribution >= 0.6 is 0 Å². The van der Waals surface area contributed by atoms with Crippen LogP contribution in [0.1, 0.15) is 45.7 Å². The van der Waals surface area contributed by atoms with Crippen molar-refractivity contribution in [3.05, 3.63) is 76.4 Å². The minimum Gasteiger partial charge on any atom is -0.392 e. The molecule has 2 N–H and O–H groups in total. The van der Waals surface area contributed by atoms with E-state index in [1.807, 2.05) is 0 Å². The van der Waals surface area contributed by atoms with Crippen molar-refractivity contribution in [2.45, 2.75) is 36.2 Å². The Morgan fingerprint density at radius 1 is 1.17 bits per heavy atom. The molecule has 30 heavy (non-hydrogen) atoms. The lowest BCUT2D eigenvalue weighted by Gasteiger charge is -2.33. The van der Waals surface area contributed by atoms with Gasteiger partial charge >= 0.3 is 6.18 Å². The van der Waals surface area contributed by atoms with E-state index >= 15 is 0 Å². The van der Waals surface area contributed by atoms with E-state index in [1.54, 1.807) is 24.4 Å². The molecule has 2 aliphatic heterocycles. The summed E-state index contributed by atoms with van der Waals surface area (Å²) in [6.07, 6.45) is -2.06. The van der Waals surface area contributed by atoms with E-state index < -0.39 is 34.0 Å². The van der Waals surface area contributed by atoms with Crippen LogP contribution in [0.3, 0.4) is 0 Å². The zero-order valence-electron chi connectivity index (χ0n) is 15.3. The molecule has 0 radical (unpaired) electrons. The molecule has 2 bridgehead atoms. The number of nitrogens with zero attached hydrogens (tertiary/aromatic N) is 3.